The summed E-state index contributed by atoms with van der Waals surface area (Å²) in [5.74, 6) is -10.1. The normalized spacial score (nSPS) is 10.2. The molecule has 0 aliphatic carbocycles. The average Bonchev–Trinajstić information content (AvgIpc) is 1.99. The highest BCUT2D eigenvalue weighted by Gasteiger charge is 2.63. The fraction of sp³-hybridized carbons (Fsp3) is 0.167. The quantitative estimate of drug-likeness (QED) is 0.330. The van der Waals surface area contributed by atoms with Gasteiger partial charge in [-0.25, -0.2) is 24.0 Å². The minimum absolute atomic E-state index is 2.32. The first-order chi connectivity index (χ1) is 7.17. The molecule has 0 saturated heterocycles. The van der Waals surface area contributed by atoms with E-state index in [2.05, 4.69) is 4.74 Å². The molecular weight excluding hydrogens is 232 g/mol. The summed E-state index contributed by atoms with van der Waals surface area (Å²) in [6.45, 7) is 0. The Bertz CT molecular complexity index is 343. The molecule has 10 nitrogen and oxygen atoms in total. The standard InChI is InChI=1S/C6H4O10/c7-1(8)6(2(9)10,3(11)12)4(13)16-5(14)15/h(H,7,8)(H,9,10)(H,11,12)(H,14,15). The minimum Gasteiger partial charge on any atom is -0.480 e. The highest BCUT2D eigenvalue weighted by atomic mass is 16.7. The molecular formula is C6H4O10. The van der Waals surface area contributed by atoms with Crippen LogP contribution in [0.5, 0.6) is 0 Å². The van der Waals surface area contributed by atoms with Crippen LogP contribution >= 0.6 is 0 Å². The Morgan fingerprint density at radius 3 is 1.25 bits per heavy atom. The van der Waals surface area contributed by atoms with Crippen LogP contribution in [0, 0.1) is 5.41 Å². The van der Waals surface area contributed by atoms with Crippen LogP contribution in [0.1, 0.15) is 0 Å². The Kier molecular flexibility index (Phi) is 3.55. The van der Waals surface area contributed by atoms with Gasteiger partial charge in [0.1, 0.15) is 0 Å². The summed E-state index contributed by atoms with van der Waals surface area (Å²) in [6.07, 6.45) is -2.32. The van der Waals surface area contributed by atoms with Gasteiger partial charge in [-0.3, -0.25) is 0 Å². The van der Waals surface area contributed by atoms with Crippen LogP contribution in [-0.4, -0.2) is 50.5 Å². The molecule has 0 aliphatic heterocycles. The number of carbonyl (C=O) groups is 5. The summed E-state index contributed by atoms with van der Waals surface area (Å²) >= 11 is 0. The molecule has 10 heteroatoms. The van der Waals surface area contributed by atoms with Crippen LogP contribution in [-0.2, 0) is 23.9 Å². The van der Waals surface area contributed by atoms with Crippen LogP contribution in [0.3, 0.4) is 0 Å². The van der Waals surface area contributed by atoms with Gasteiger partial charge in [-0.05, 0) is 0 Å². The number of aliphatic carboxylic acids is 3. The zero-order valence-electron chi connectivity index (χ0n) is 7.24. The highest BCUT2D eigenvalue weighted by molar-refractivity contribution is 6.32. The van der Waals surface area contributed by atoms with Gasteiger partial charge < -0.3 is 25.2 Å². The highest BCUT2D eigenvalue weighted by Crippen LogP contribution is 2.21. The molecule has 0 bridgehead atoms. The largest absolute Gasteiger partial charge is 0.513 e. The lowest BCUT2D eigenvalue weighted by atomic mass is 9.88. The number of carbonyl (C=O) groups excluding carboxylic acids is 1. The molecule has 0 aliphatic rings. The molecule has 0 aromatic rings. The van der Waals surface area contributed by atoms with Gasteiger partial charge in [0.2, 0.25) is 0 Å². The van der Waals surface area contributed by atoms with E-state index in [-0.39, 0.29) is 0 Å². The first kappa shape index (κ1) is 13.4. The van der Waals surface area contributed by atoms with Gasteiger partial charge >= 0.3 is 35.4 Å². The fourth-order valence-electron chi connectivity index (χ4n) is 0.692. The zero-order chi connectivity index (χ0) is 13.1. The molecule has 0 aromatic carbocycles. The Hall–Kier alpha value is -2.65. The molecule has 0 atom stereocenters. The smallest absolute Gasteiger partial charge is 0.480 e. The van der Waals surface area contributed by atoms with Crippen LogP contribution in [0.15, 0.2) is 0 Å². The van der Waals surface area contributed by atoms with Crippen molar-refractivity contribution >= 4 is 30.0 Å². The van der Waals surface area contributed by atoms with E-state index >= 15 is 0 Å². The summed E-state index contributed by atoms with van der Waals surface area (Å²) in [4.78, 5) is 52.2. The van der Waals surface area contributed by atoms with Crippen molar-refractivity contribution in [2.24, 2.45) is 5.41 Å². The lowest BCUT2D eigenvalue weighted by molar-refractivity contribution is -0.183. The second-order valence-corrected chi connectivity index (χ2v) is 2.32. The second-order valence-electron chi connectivity index (χ2n) is 2.32. The number of carboxylic acids is 3. The van der Waals surface area contributed by atoms with Gasteiger partial charge in [0.25, 0.3) is 0 Å². The lowest BCUT2D eigenvalue weighted by Crippen LogP contribution is -2.53. The summed E-state index contributed by atoms with van der Waals surface area (Å²) in [6, 6.07) is 0. The van der Waals surface area contributed by atoms with Crippen molar-refractivity contribution in [1.29, 1.82) is 0 Å². The fourth-order valence-corrected chi connectivity index (χ4v) is 0.692. The number of rotatable bonds is 4. The number of ether oxygens (including phenoxy) is 1. The zero-order valence-corrected chi connectivity index (χ0v) is 7.24. The minimum atomic E-state index is -4.00. The first-order valence-electron chi connectivity index (χ1n) is 3.32. The van der Waals surface area contributed by atoms with Crippen LogP contribution < -0.4 is 0 Å². The van der Waals surface area contributed by atoms with Crippen molar-refractivity contribution in [3.8, 4) is 0 Å². The number of carboxylic acid groups (broad SMARTS) is 4. The SMILES string of the molecule is O=C(O)OC(=O)C(C(=O)O)(C(=O)O)C(=O)O. The molecule has 0 amide bonds. The summed E-state index contributed by atoms with van der Waals surface area (Å²) < 4.78 is 3.23. The number of hydrogen-bond acceptors (Lipinski definition) is 6. The topological polar surface area (TPSA) is 175 Å². The second kappa shape index (κ2) is 4.25. The van der Waals surface area contributed by atoms with Gasteiger partial charge in [-0.15, -0.1) is 0 Å². The predicted octanol–water partition coefficient (Wildman–Crippen LogP) is -1.55. The van der Waals surface area contributed by atoms with Crippen LogP contribution in [0.2, 0.25) is 0 Å². The average molecular weight is 236 g/mol. The third-order valence-electron chi connectivity index (χ3n) is 1.45. The van der Waals surface area contributed by atoms with E-state index in [1.54, 1.807) is 0 Å². The third-order valence-corrected chi connectivity index (χ3v) is 1.45. The van der Waals surface area contributed by atoms with Crippen LogP contribution in [0.25, 0.3) is 0 Å². The Labute approximate surface area is 85.7 Å². The predicted molar refractivity (Wildman–Crippen MR) is 39.5 cm³/mol. The van der Waals surface area contributed by atoms with Crippen molar-refractivity contribution < 1.29 is 49.1 Å². The monoisotopic (exact) mass is 236 g/mol. The molecule has 16 heavy (non-hydrogen) atoms. The first-order valence-corrected chi connectivity index (χ1v) is 3.32. The van der Waals surface area contributed by atoms with Gasteiger partial charge in [0, 0.05) is 0 Å². The van der Waals surface area contributed by atoms with Crippen LogP contribution in [0.4, 0.5) is 4.79 Å². The van der Waals surface area contributed by atoms with Gasteiger partial charge in [0.15, 0.2) is 0 Å². The van der Waals surface area contributed by atoms with E-state index in [1.807, 2.05) is 0 Å². The maximum atomic E-state index is 10.9. The van der Waals surface area contributed by atoms with E-state index in [0.29, 0.717) is 0 Å². The van der Waals surface area contributed by atoms with Crippen molar-refractivity contribution in [3.63, 3.8) is 0 Å². The molecule has 0 aromatic heterocycles. The number of hydrogen-bond donors (Lipinski definition) is 4. The third kappa shape index (κ3) is 1.89. The van der Waals surface area contributed by atoms with E-state index < -0.39 is 35.4 Å². The maximum Gasteiger partial charge on any atom is 0.513 e. The Morgan fingerprint density at radius 2 is 1.06 bits per heavy atom. The summed E-state index contributed by atoms with van der Waals surface area (Å²) in [5, 5.41) is 33.1. The van der Waals surface area contributed by atoms with Gasteiger partial charge in [-0.2, -0.15) is 0 Å². The van der Waals surface area contributed by atoms with Crippen molar-refractivity contribution in [1.82, 2.24) is 0 Å². The van der Waals surface area contributed by atoms with Crippen molar-refractivity contribution in [3.05, 3.63) is 0 Å². The molecule has 0 fully saturated rings. The molecule has 0 rings (SSSR count). The molecule has 0 unspecified atom stereocenters. The molecule has 0 saturated carbocycles. The summed E-state index contributed by atoms with van der Waals surface area (Å²) in [7, 11) is 0. The molecule has 88 valence electrons. The van der Waals surface area contributed by atoms with Crippen molar-refractivity contribution in [2.75, 3.05) is 0 Å². The van der Waals surface area contributed by atoms with E-state index in [9.17, 15) is 24.0 Å². The van der Waals surface area contributed by atoms with Gasteiger partial charge in [-0.1, -0.05) is 0 Å². The van der Waals surface area contributed by atoms with Gasteiger partial charge in [0.05, 0.1) is 0 Å². The molecule has 0 heterocycles. The summed E-state index contributed by atoms with van der Waals surface area (Å²) in [5.41, 5.74) is -4.00. The van der Waals surface area contributed by atoms with E-state index in [1.165, 1.54) is 0 Å². The number of esters is 1. The Balaban J connectivity index is 5.63. The van der Waals surface area contributed by atoms with E-state index in [4.69, 9.17) is 20.4 Å². The molecule has 0 radical (unpaired) electrons. The van der Waals surface area contributed by atoms with E-state index in [0.717, 1.165) is 0 Å². The maximum absolute atomic E-state index is 10.9. The van der Waals surface area contributed by atoms with Crippen molar-refractivity contribution in [2.45, 2.75) is 0 Å². The Morgan fingerprint density at radius 1 is 0.750 bits per heavy atom. The molecule has 4 N–H and O–H groups in total. The molecule has 0 spiro atoms. The lowest BCUT2D eigenvalue weighted by Gasteiger charge is -2.16.